The van der Waals surface area contributed by atoms with Crippen LogP contribution < -0.4 is 10.6 Å². The number of carbonyl (C=O) groups excluding carboxylic acids is 1. The first kappa shape index (κ1) is 19.3. The van der Waals surface area contributed by atoms with Crippen molar-refractivity contribution in [2.75, 3.05) is 17.6 Å². The maximum absolute atomic E-state index is 12.2. The molecular formula is C19H18BrN3O3S. The molecule has 0 aliphatic heterocycles. The number of benzene rings is 2. The average molecular weight is 448 g/mol. The van der Waals surface area contributed by atoms with Crippen molar-refractivity contribution < 1.29 is 13.2 Å². The molecule has 140 valence electrons. The van der Waals surface area contributed by atoms with Crippen molar-refractivity contribution in [2.24, 2.45) is 0 Å². The van der Waals surface area contributed by atoms with Gasteiger partial charge in [-0.25, -0.2) is 13.2 Å². The highest BCUT2D eigenvalue weighted by Gasteiger charge is 2.13. The fraction of sp³-hybridized carbons (Fsp3) is 0.158. The topological polar surface area (TPSA) is 88.2 Å². The van der Waals surface area contributed by atoms with E-state index >= 15 is 0 Å². The Kier molecular flexibility index (Phi) is 6.08. The summed E-state index contributed by atoms with van der Waals surface area (Å²) in [6.07, 6.45) is 1.99. The van der Waals surface area contributed by atoms with Gasteiger partial charge in [0.15, 0.2) is 9.84 Å². The van der Waals surface area contributed by atoms with Crippen LogP contribution in [0.5, 0.6) is 0 Å². The van der Waals surface area contributed by atoms with Gasteiger partial charge in [-0.15, -0.1) is 0 Å². The van der Waals surface area contributed by atoms with Crippen molar-refractivity contribution in [3.63, 3.8) is 0 Å². The Labute approximate surface area is 166 Å². The monoisotopic (exact) mass is 447 g/mol. The highest BCUT2D eigenvalue weighted by molar-refractivity contribution is 9.10. The van der Waals surface area contributed by atoms with Crippen LogP contribution in [-0.4, -0.2) is 31.7 Å². The molecule has 0 aliphatic rings. The minimum Gasteiger partial charge on any atom is -0.338 e. The fourth-order valence-corrected chi connectivity index (χ4v) is 4.29. The molecule has 0 atom stereocenters. The number of nitrogens with zero attached hydrogens (tertiary/aromatic N) is 1. The van der Waals surface area contributed by atoms with Crippen molar-refractivity contribution in [3.8, 4) is 0 Å². The standard InChI is InChI=1S/C19H18BrN3O3S/c20-15-12-14-6-4-9-17(18(14)22-13-15)23-19(24)21-10-5-11-27(25,26)16-7-2-1-3-8-16/h1-4,6-9,12-13H,5,10-11H2,(H2,21,23,24). The zero-order valence-corrected chi connectivity index (χ0v) is 16.8. The second-order valence-electron chi connectivity index (χ2n) is 5.90. The average Bonchev–Trinajstić information content (AvgIpc) is 2.66. The van der Waals surface area contributed by atoms with Crippen LogP contribution in [-0.2, 0) is 9.84 Å². The van der Waals surface area contributed by atoms with E-state index in [1.54, 1.807) is 42.6 Å². The Balaban J connectivity index is 1.54. The molecule has 0 saturated carbocycles. The zero-order valence-electron chi connectivity index (χ0n) is 14.4. The number of rotatable bonds is 6. The smallest absolute Gasteiger partial charge is 0.319 e. The Morgan fingerprint density at radius 1 is 1.07 bits per heavy atom. The summed E-state index contributed by atoms with van der Waals surface area (Å²) >= 11 is 3.37. The van der Waals surface area contributed by atoms with Crippen LogP contribution in [0.1, 0.15) is 6.42 Å². The third-order valence-electron chi connectivity index (χ3n) is 3.90. The molecular weight excluding hydrogens is 430 g/mol. The number of nitrogens with one attached hydrogen (secondary N) is 2. The number of urea groups is 1. The summed E-state index contributed by atoms with van der Waals surface area (Å²) in [6, 6.07) is 15.3. The lowest BCUT2D eigenvalue weighted by Gasteiger charge is -2.10. The maximum atomic E-state index is 12.2. The first-order valence-corrected chi connectivity index (χ1v) is 10.8. The second kappa shape index (κ2) is 8.49. The van der Waals surface area contributed by atoms with Crippen LogP contribution in [0.2, 0.25) is 0 Å². The van der Waals surface area contributed by atoms with E-state index in [9.17, 15) is 13.2 Å². The summed E-state index contributed by atoms with van der Waals surface area (Å²) in [5.74, 6) is -0.0266. The number of anilines is 1. The number of pyridine rings is 1. The lowest BCUT2D eigenvalue weighted by Crippen LogP contribution is -2.30. The molecule has 0 aliphatic carbocycles. The van der Waals surface area contributed by atoms with Gasteiger partial charge in [0.05, 0.1) is 21.9 Å². The fourth-order valence-electron chi connectivity index (χ4n) is 2.61. The number of fused-ring (bicyclic) bond motifs is 1. The second-order valence-corrected chi connectivity index (χ2v) is 8.92. The Bertz CT molecular complexity index is 1060. The van der Waals surface area contributed by atoms with Crippen LogP contribution in [0.3, 0.4) is 0 Å². The van der Waals surface area contributed by atoms with Gasteiger partial charge in [0.2, 0.25) is 0 Å². The number of hydrogen-bond acceptors (Lipinski definition) is 4. The van der Waals surface area contributed by atoms with E-state index in [4.69, 9.17) is 0 Å². The molecule has 2 N–H and O–H groups in total. The SMILES string of the molecule is O=C(NCCCS(=O)(=O)c1ccccc1)Nc1cccc2cc(Br)cnc12. The van der Waals surface area contributed by atoms with E-state index in [0.717, 1.165) is 9.86 Å². The summed E-state index contributed by atoms with van der Waals surface area (Å²) in [7, 11) is -3.34. The molecule has 3 aromatic rings. The predicted molar refractivity (Wildman–Crippen MR) is 110 cm³/mol. The van der Waals surface area contributed by atoms with Crippen LogP contribution in [0.25, 0.3) is 10.9 Å². The van der Waals surface area contributed by atoms with Gasteiger partial charge in [0.1, 0.15) is 0 Å². The molecule has 0 unspecified atom stereocenters. The molecule has 3 rings (SSSR count). The van der Waals surface area contributed by atoms with E-state index in [1.165, 1.54) is 0 Å². The molecule has 2 aromatic carbocycles. The lowest BCUT2D eigenvalue weighted by atomic mass is 10.2. The van der Waals surface area contributed by atoms with E-state index < -0.39 is 15.9 Å². The van der Waals surface area contributed by atoms with Gasteiger partial charge in [-0.3, -0.25) is 4.98 Å². The number of para-hydroxylation sites is 1. The van der Waals surface area contributed by atoms with Gasteiger partial charge in [0.25, 0.3) is 0 Å². The Hall–Kier alpha value is -2.45. The van der Waals surface area contributed by atoms with E-state index in [2.05, 4.69) is 31.5 Å². The lowest BCUT2D eigenvalue weighted by molar-refractivity contribution is 0.252. The van der Waals surface area contributed by atoms with Gasteiger partial charge in [0, 0.05) is 22.6 Å². The first-order valence-electron chi connectivity index (χ1n) is 8.33. The highest BCUT2D eigenvalue weighted by atomic mass is 79.9. The summed E-state index contributed by atoms with van der Waals surface area (Å²) in [5.41, 5.74) is 1.27. The van der Waals surface area contributed by atoms with Gasteiger partial charge in [-0.05, 0) is 46.6 Å². The number of amides is 2. The van der Waals surface area contributed by atoms with Crippen molar-refractivity contribution in [1.82, 2.24) is 10.3 Å². The molecule has 6 nitrogen and oxygen atoms in total. The van der Waals surface area contributed by atoms with Crippen LogP contribution in [0.4, 0.5) is 10.5 Å². The number of halogens is 1. The third kappa shape index (κ3) is 5.05. The van der Waals surface area contributed by atoms with E-state index in [1.807, 2.05) is 18.2 Å². The molecule has 27 heavy (non-hydrogen) atoms. The minimum absolute atomic E-state index is 0.0266. The van der Waals surface area contributed by atoms with Gasteiger partial charge >= 0.3 is 6.03 Å². The summed E-state index contributed by atoms with van der Waals surface area (Å²) in [6.45, 7) is 0.252. The summed E-state index contributed by atoms with van der Waals surface area (Å²) < 4.78 is 25.3. The molecule has 8 heteroatoms. The largest absolute Gasteiger partial charge is 0.338 e. The number of aromatic nitrogens is 1. The minimum atomic E-state index is -3.34. The van der Waals surface area contributed by atoms with Crippen molar-refractivity contribution in [2.45, 2.75) is 11.3 Å². The third-order valence-corrected chi connectivity index (χ3v) is 6.15. The van der Waals surface area contributed by atoms with Gasteiger partial charge in [-0.1, -0.05) is 30.3 Å². The van der Waals surface area contributed by atoms with Crippen molar-refractivity contribution >= 4 is 48.4 Å². The summed E-state index contributed by atoms with van der Waals surface area (Å²) in [4.78, 5) is 16.7. The maximum Gasteiger partial charge on any atom is 0.319 e. The molecule has 1 aromatic heterocycles. The van der Waals surface area contributed by atoms with Crippen molar-refractivity contribution in [3.05, 3.63) is 65.3 Å². The van der Waals surface area contributed by atoms with Gasteiger partial charge < -0.3 is 10.6 Å². The zero-order chi connectivity index (χ0) is 19.3. The normalized spacial score (nSPS) is 11.3. The number of hydrogen-bond donors (Lipinski definition) is 2. The molecule has 0 saturated heterocycles. The number of carbonyl (C=O) groups is 1. The predicted octanol–water partition coefficient (Wildman–Crippen LogP) is 3.98. The summed E-state index contributed by atoms with van der Waals surface area (Å²) in [5, 5.41) is 6.34. The van der Waals surface area contributed by atoms with E-state index in [0.29, 0.717) is 22.5 Å². The Morgan fingerprint density at radius 3 is 2.63 bits per heavy atom. The molecule has 1 heterocycles. The molecule has 0 radical (unpaired) electrons. The highest BCUT2D eigenvalue weighted by Crippen LogP contribution is 2.23. The molecule has 0 spiro atoms. The van der Waals surface area contributed by atoms with Crippen LogP contribution in [0.15, 0.2) is 70.2 Å². The van der Waals surface area contributed by atoms with Crippen LogP contribution >= 0.6 is 15.9 Å². The number of sulfone groups is 1. The molecule has 0 bridgehead atoms. The van der Waals surface area contributed by atoms with Gasteiger partial charge in [-0.2, -0.15) is 0 Å². The van der Waals surface area contributed by atoms with Crippen LogP contribution in [0, 0.1) is 0 Å². The quantitative estimate of drug-likeness (QED) is 0.559. The molecule has 2 amide bonds. The Morgan fingerprint density at radius 2 is 1.85 bits per heavy atom. The van der Waals surface area contributed by atoms with Crippen molar-refractivity contribution in [1.29, 1.82) is 0 Å². The first-order chi connectivity index (χ1) is 13.0. The van der Waals surface area contributed by atoms with E-state index in [-0.39, 0.29) is 12.3 Å². The molecule has 0 fully saturated rings.